The molecule has 0 aromatic heterocycles. The van der Waals surface area contributed by atoms with Crippen LogP contribution < -0.4 is 5.73 Å². The zero-order valence-electron chi connectivity index (χ0n) is 20.2. The summed E-state index contributed by atoms with van der Waals surface area (Å²) in [5, 5.41) is 36.5. The quantitative estimate of drug-likeness (QED) is 0.0678. The summed E-state index contributed by atoms with van der Waals surface area (Å²) in [4.78, 5) is 8.38. The van der Waals surface area contributed by atoms with Gasteiger partial charge in [-0.25, -0.2) is 0 Å². The number of phenolic OH excluding ortho intramolecular Hbond substituents is 1. The molecule has 0 spiro atoms. The maximum Gasteiger partial charge on any atom is 0.296 e. The van der Waals surface area contributed by atoms with Gasteiger partial charge in [0.15, 0.2) is 5.75 Å². The van der Waals surface area contributed by atoms with E-state index in [0.717, 1.165) is 29.8 Å². The Morgan fingerprint density at radius 1 is 0.775 bits per heavy atom. The van der Waals surface area contributed by atoms with Crippen LogP contribution in [0.25, 0.3) is 10.8 Å². The number of nitrogen functional groups attached to an aromatic ring is 1. The molecule has 206 valence electrons. The van der Waals surface area contributed by atoms with Crippen molar-refractivity contribution in [3.05, 3.63) is 76.3 Å². The summed E-state index contributed by atoms with van der Waals surface area (Å²) in [5.74, 6) is -0.896. The maximum absolute atomic E-state index is 12.2. The molecule has 0 saturated heterocycles. The lowest BCUT2D eigenvalue weighted by molar-refractivity contribution is -0.384. The number of hydrogen-bond donors (Lipinski definition) is 4. The number of azo groups is 2. The Balaban J connectivity index is 1.98. The van der Waals surface area contributed by atoms with E-state index in [0.29, 0.717) is 0 Å². The molecule has 5 N–H and O–H groups in total. The number of benzene rings is 4. The molecule has 0 amide bonds. The second-order valence-corrected chi connectivity index (χ2v) is 11.0. The van der Waals surface area contributed by atoms with E-state index in [1.165, 1.54) is 12.1 Å². The third-order valence-corrected chi connectivity index (χ3v) is 7.23. The Bertz CT molecular complexity index is 1940. The van der Waals surface area contributed by atoms with Gasteiger partial charge in [-0.05, 0) is 48.7 Å². The normalized spacial score (nSPS) is 12.5. The van der Waals surface area contributed by atoms with Crippen molar-refractivity contribution in [2.75, 3.05) is 5.73 Å². The lowest BCUT2D eigenvalue weighted by Gasteiger charge is -2.14. The second kappa shape index (κ2) is 10.4. The van der Waals surface area contributed by atoms with Gasteiger partial charge in [-0.3, -0.25) is 19.2 Å². The molecule has 0 bridgehead atoms. The molecule has 4 rings (SSSR count). The van der Waals surface area contributed by atoms with Crippen LogP contribution in [0.15, 0.2) is 90.9 Å². The number of aryl methyl sites for hydroxylation is 1. The van der Waals surface area contributed by atoms with Crippen LogP contribution in [0, 0.1) is 17.0 Å². The first kappa shape index (κ1) is 28.2. The van der Waals surface area contributed by atoms with Gasteiger partial charge in [-0.15, -0.1) is 10.2 Å². The molecule has 0 unspecified atom stereocenters. The van der Waals surface area contributed by atoms with E-state index < -0.39 is 57.8 Å². The molecular formula is C23H18N6O9S2. The van der Waals surface area contributed by atoms with Crippen molar-refractivity contribution in [1.29, 1.82) is 0 Å². The summed E-state index contributed by atoms with van der Waals surface area (Å²) < 4.78 is 68.2. The number of anilines is 1. The van der Waals surface area contributed by atoms with Crippen LogP contribution in [0.3, 0.4) is 0 Å². The van der Waals surface area contributed by atoms with Gasteiger partial charge in [0.05, 0.1) is 27.4 Å². The van der Waals surface area contributed by atoms with E-state index in [1.54, 1.807) is 24.3 Å². The SMILES string of the molecule is Cc1ccc(/N=N/c2c(S(=O)(=O)O)cc3cc(S(=O)(=O)O)c(/N=N/c4ccc([N+](=O)[O-])cc4)c(N)c3c2O)cc1. The average Bonchev–Trinajstić information content (AvgIpc) is 2.87. The fourth-order valence-corrected chi connectivity index (χ4v) is 4.90. The van der Waals surface area contributed by atoms with Crippen molar-refractivity contribution in [2.24, 2.45) is 20.5 Å². The highest BCUT2D eigenvalue weighted by molar-refractivity contribution is 7.86. The molecule has 0 atom stereocenters. The number of non-ortho nitro benzene ring substituents is 1. The molecule has 0 fully saturated rings. The summed E-state index contributed by atoms with van der Waals surface area (Å²) in [7, 11) is -10.1. The van der Waals surface area contributed by atoms with Crippen molar-refractivity contribution in [3.63, 3.8) is 0 Å². The molecule has 0 radical (unpaired) electrons. The summed E-state index contributed by atoms with van der Waals surface area (Å²) in [6.45, 7) is 1.83. The fraction of sp³-hybridized carbons (Fsp3) is 0.0435. The molecule has 40 heavy (non-hydrogen) atoms. The van der Waals surface area contributed by atoms with Crippen molar-refractivity contribution >= 4 is 65.1 Å². The van der Waals surface area contributed by atoms with Gasteiger partial charge in [-0.1, -0.05) is 17.7 Å². The molecule has 0 aliphatic heterocycles. The van der Waals surface area contributed by atoms with Crippen LogP contribution in [0.2, 0.25) is 0 Å². The molecular weight excluding hydrogens is 568 g/mol. The summed E-state index contributed by atoms with van der Waals surface area (Å²) >= 11 is 0. The zero-order valence-corrected chi connectivity index (χ0v) is 21.8. The zero-order chi connectivity index (χ0) is 29.4. The maximum atomic E-state index is 12.2. The number of nitrogens with zero attached hydrogens (tertiary/aromatic N) is 5. The van der Waals surface area contributed by atoms with Crippen molar-refractivity contribution < 1.29 is 36.0 Å². The molecule has 17 heteroatoms. The minimum Gasteiger partial charge on any atom is -0.505 e. The van der Waals surface area contributed by atoms with Crippen molar-refractivity contribution in [1.82, 2.24) is 0 Å². The number of nitro benzene ring substituents is 1. The van der Waals surface area contributed by atoms with Crippen LogP contribution in [0.4, 0.5) is 34.1 Å². The van der Waals surface area contributed by atoms with Crippen LogP contribution in [0.5, 0.6) is 5.75 Å². The number of aromatic hydroxyl groups is 1. The monoisotopic (exact) mass is 586 g/mol. The number of phenols is 1. The number of hydrogen-bond acceptors (Lipinski definition) is 12. The lowest BCUT2D eigenvalue weighted by atomic mass is 10.1. The Morgan fingerprint density at radius 3 is 1.70 bits per heavy atom. The van der Waals surface area contributed by atoms with Crippen molar-refractivity contribution in [3.8, 4) is 5.75 Å². The van der Waals surface area contributed by atoms with Crippen LogP contribution in [-0.2, 0) is 20.2 Å². The smallest absolute Gasteiger partial charge is 0.296 e. The Morgan fingerprint density at radius 2 is 1.23 bits per heavy atom. The minimum absolute atomic E-state index is 0.0462. The molecule has 4 aromatic rings. The van der Waals surface area contributed by atoms with Gasteiger partial charge in [-0.2, -0.15) is 27.1 Å². The second-order valence-electron chi connectivity index (χ2n) is 8.27. The molecule has 0 aliphatic carbocycles. The predicted molar refractivity (Wildman–Crippen MR) is 142 cm³/mol. The lowest BCUT2D eigenvalue weighted by Crippen LogP contribution is -2.03. The molecule has 15 nitrogen and oxygen atoms in total. The molecule has 4 aromatic carbocycles. The third-order valence-electron chi connectivity index (χ3n) is 5.50. The molecule has 0 saturated carbocycles. The van der Waals surface area contributed by atoms with Crippen molar-refractivity contribution in [2.45, 2.75) is 16.7 Å². The summed E-state index contributed by atoms with van der Waals surface area (Å²) in [6.07, 6.45) is 0. The van der Waals surface area contributed by atoms with Crippen LogP contribution >= 0.6 is 0 Å². The highest BCUT2D eigenvalue weighted by atomic mass is 32.2. The van der Waals surface area contributed by atoms with E-state index >= 15 is 0 Å². The van der Waals surface area contributed by atoms with E-state index in [4.69, 9.17) is 5.73 Å². The minimum atomic E-state index is -5.05. The number of rotatable bonds is 7. The Kier molecular flexibility index (Phi) is 7.31. The highest BCUT2D eigenvalue weighted by Gasteiger charge is 2.28. The third kappa shape index (κ3) is 5.76. The van der Waals surface area contributed by atoms with Gasteiger partial charge in [0.25, 0.3) is 25.9 Å². The van der Waals surface area contributed by atoms with E-state index in [9.17, 15) is 41.2 Å². The number of fused-ring (bicyclic) bond motifs is 1. The van der Waals surface area contributed by atoms with E-state index in [2.05, 4.69) is 20.5 Å². The molecule has 0 aliphatic rings. The van der Waals surface area contributed by atoms with Crippen LogP contribution in [0.1, 0.15) is 5.56 Å². The van der Waals surface area contributed by atoms with Crippen LogP contribution in [-0.4, -0.2) is 36.0 Å². The first-order valence-corrected chi connectivity index (χ1v) is 13.8. The van der Waals surface area contributed by atoms with Gasteiger partial charge in [0, 0.05) is 12.1 Å². The fourth-order valence-electron chi connectivity index (χ4n) is 3.57. The number of nitrogens with two attached hydrogens (primary N) is 1. The summed E-state index contributed by atoms with van der Waals surface area (Å²) in [6, 6.07) is 12.8. The standard InChI is InChI=1S/C23H18N6O9S2/c1-12-2-4-14(5-3-12)26-28-22-18(40(36,37)38)11-13-10-17(39(33,34)35)21(20(24)19(13)23(22)30)27-25-15-6-8-16(9-7-15)29(31)32/h2-11,30H,24H2,1H3,(H,33,34,35)(H,36,37,38)/b27-25+,28-26+. The first-order chi connectivity index (χ1) is 18.7. The van der Waals surface area contributed by atoms with Gasteiger partial charge in [0.1, 0.15) is 21.2 Å². The first-order valence-electron chi connectivity index (χ1n) is 10.9. The Labute approximate surface area is 226 Å². The van der Waals surface area contributed by atoms with Gasteiger partial charge >= 0.3 is 0 Å². The summed E-state index contributed by atoms with van der Waals surface area (Å²) in [5.41, 5.74) is 5.23. The average molecular weight is 587 g/mol. The number of nitro groups is 1. The largest absolute Gasteiger partial charge is 0.505 e. The highest BCUT2D eigenvalue weighted by Crippen LogP contribution is 2.48. The predicted octanol–water partition coefficient (Wildman–Crippen LogP) is 5.67. The Hall–Kier alpha value is -4.84. The van der Waals surface area contributed by atoms with E-state index in [-0.39, 0.29) is 27.8 Å². The van der Waals surface area contributed by atoms with Gasteiger partial charge < -0.3 is 10.8 Å². The topological polar surface area (TPSA) is 248 Å². The van der Waals surface area contributed by atoms with Gasteiger partial charge in [0.2, 0.25) is 0 Å². The van der Waals surface area contributed by atoms with E-state index in [1.807, 2.05) is 6.92 Å². The molecule has 0 heterocycles.